The zero-order valence-corrected chi connectivity index (χ0v) is 11.8. The van der Waals surface area contributed by atoms with Crippen molar-refractivity contribution in [2.24, 2.45) is 0 Å². The predicted octanol–water partition coefficient (Wildman–Crippen LogP) is -1.61. The zero-order chi connectivity index (χ0) is 11.8. The number of fused-ring (bicyclic) bond motifs is 1. The molecule has 0 aromatic heterocycles. The van der Waals surface area contributed by atoms with Crippen molar-refractivity contribution < 1.29 is 51.8 Å². The molecule has 2 aromatic carbocycles. The summed E-state index contributed by atoms with van der Waals surface area (Å²) in [7, 11) is -4.81. The summed E-state index contributed by atoms with van der Waals surface area (Å²) in [6.07, 6.45) is 0. The fourth-order valence-electron chi connectivity index (χ4n) is 1.45. The maximum atomic E-state index is 10.5. The molecule has 1 N–H and O–H groups in total. The normalized spacial score (nSPS) is 10.9. The van der Waals surface area contributed by atoms with E-state index in [4.69, 9.17) is 0 Å². The van der Waals surface area contributed by atoms with Gasteiger partial charge in [0.05, 0.1) is 0 Å². The smallest absolute Gasteiger partial charge is 0.716 e. The van der Waals surface area contributed by atoms with Crippen LogP contribution in [0.2, 0.25) is 0 Å². The van der Waals surface area contributed by atoms with Crippen LogP contribution in [0.1, 0.15) is 0 Å². The Morgan fingerprint density at radius 1 is 1.06 bits per heavy atom. The molecule has 0 atom stereocenters. The first-order valence-corrected chi connectivity index (χ1v) is 5.67. The third kappa shape index (κ3) is 3.34. The summed E-state index contributed by atoms with van der Waals surface area (Å²) in [5.74, 6) is -0.102. The van der Waals surface area contributed by atoms with Gasteiger partial charge in [0.2, 0.25) is 0 Å². The topological polar surface area (TPSA) is 86.7 Å². The van der Waals surface area contributed by atoms with E-state index in [9.17, 15) is 18.1 Å². The van der Waals surface area contributed by atoms with Gasteiger partial charge in [-0.1, -0.05) is 24.3 Å². The molecule has 0 bridgehead atoms. The SMILES string of the molecule is O=S(=O)([O-])Oc1cccc2c(O)cccc12.[Na+]. The summed E-state index contributed by atoms with van der Waals surface area (Å²) in [6, 6.07) is 8.96. The van der Waals surface area contributed by atoms with Crippen LogP contribution in [0.5, 0.6) is 11.5 Å². The van der Waals surface area contributed by atoms with Crippen LogP contribution in [0.15, 0.2) is 36.4 Å². The molecular weight excluding hydrogens is 255 g/mol. The third-order valence-corrected chi connectivity index (χ3v) is 2.43. The Balaban J connectivity index is 0.00000144. The van der Waals surface area contributed by atoms with Gasteiger partial charge in [0.25, 0.3) is 10.4 Å². The fraction of sp³-hybridized carbons (Fsp3) is 0. The van der Waals surface area contributed by atoms with Gasteiger partial charge in [0.1, 0.15) is 11.5 Å². The molecular formula is C10H7NaO5S. The Kier molecular flexibility index (Phi) is 4.40. The average molecular weight is 262 g/mol. The van der Waals surface area contributed by atoms with Crippen molar-refractivity contribution in [3.63, 3.8) is 0 Å². The molecule has 0 aliphatic rings. The Labute approximate surface area is 120 Å². The summed E-state index contributed by atoms with van der Waals surface area (Å²) in [4.78, 5) is 0. The summed E-state index contributed by atoms with van der Waals surface area (Å²) in [6.45, 7) is 0. The molecule has 0 radical (unpaired) electrons. The molecule has 0 fully saturated rings. The summed E-state index contributed by atoms with van der Waals surface area (Å²) in [5.41, 5.74) is 0. The summed E-state index contributed by atoms with van der Waals surface area (Å²) >= 11 is 0. The maximum absolute atomic E-state index is 10.5. The van der Waals surface area contributed by atoms with E-state index in [1.54, 1.807) is 12.1 Å². The fourth-order valence-corrected chi connectivity index (χ4v) is 1.81. The van der Waals surface area contributed by atoms with Gasteiger partial charge in [0, 0.05) is 10.8 Å². The standard InChI is InChI=1S/C10H8O5S.Na/c11-9-5-1-4-8-7(9)3-2-6-10(8)15-16(12,13)14;/h1-6,11H,(H,12,13,14);/q;+1/p-1. The number of phenols is 1. The number of rotatable bonds is 2. The first kappa shape index (κ1) is 14.3. The van der Waals surface area contributed by atoms with Crippen molar-refractivity contribution in [1.29, 1.82) is 0 Å². The number of phenolic OH excluding ortho intramolecular Hbond substituents is 1. The molecule has 0 aliphatic carbocycles. The van der Waals surface area contributed by atoms with Crippen LogP contribution < -0.4 is 33.7 Å². The van der Waals surface area contributed by atoms with Crippen LogP contribution in [0.3, 0.4) is 0 Å². The molecule has 5 nitrogen and oxygen atoms in total. The van der Waals surface area contributed by atoms with Gasteiger partial charge in [-0.05, 0) is 12.1 Å². The van der Waals surface area contributed by atoms with E-state index in [2.05, 4.69) is 4.18 Å². The molecule has 0 saturated heterocycles. The predicted molar refractivity (Wildman–Crippen MR) is 55.9 cm³/mol. The number of benzene rings is 2. The Morgan fingerprint density at radius 3 is 2.29 bits per heavy atom. The Morgan fingerprint density at radius 2 is 1.65 bits per heavy atom. The molecule has 2 aromatic rings. The zero-order valence-electron chi connectivity index (χ0n) is 8.95. The minimum Gasteiger partial charge on any atom is -0.716 e. The minimum absolute atomic E-state index is 0. The van der Waals surface area contributed by atoms with Crippen molar-refractivity contribution >= 4 is 21.2 Å². The van der Waals surface area contributed by atoms with Gasteiger partial charge < -0.3 is 13.8 Å². The van der Waals surface area contributed by atoms with E-state index in [1.165, 1.54) is 24.3 Å². The molecule has 0 aliphatic heterocycles. The van der Waals surface area contributed by atoms with E-state index >= 15 is 0 Å². The average Bonchev–Trinajstić information content (AvgIpc) is 2.17. The van der Waals surface area contributed by atoms with E-state index in [-0.39, 0.29) is 41.1 Å². The number of hydrogen-bond acceptors (Lipinski definition) is 5. The summed E-state index contributed by atoms with van der Waals surface area (Å²) < 4.78 is 35.7. The van der Waals surface area contributed by atoms with Crippen molar-refractivity contribution in [2.75, 3.05) is 0 Å². The van der Waals surface area contributed by atoms with Gasteiger partial charge in [0.15, 0.2) is 0 Å². The van der Waals surface area contributed by atoms with E-state index < -0.39 is 10.4 Å². The van der Waals surface area contributed by atoms with E-state index in [0.29, 0.717) is 10.8 Å². The van der Waals surface area contributed by atoms with Crippen molar-refractivity contribution in [3.8, 4) is 11.5 Å². The second-order valence-electron chi connectivity index (χ2n) is 3.12. The Hall–Kier alpha value is -0.790. The largest absolute Gasteiger partial charge is 1.00 e. The second kappa shape index (κ2) is 5.24. The monoisotopic (exact) mass is 262 g/mol. The molecule has 84 valence electrons. The molecule has 0 spiro atoms. The van der Waals surface area contributed by atoms with Crippen molar-refractivity contribution in [2.45, 2.75) is 0 Å². The molecule has 0 saturated carbocycles. The number of hydrogen-bond donors (Lipinski definition) is 1. The molecule has 0 amide bonds. The second-order valence-corrected chi connectivity index (χ2v) is 4.10. The third-order valence-electron chi connectivity index (χ3n) is 2.05. The molecule has 17 heavy (non-hydrogen) atoms. The van der Waals surface area contributed by atoms with Crippen molar-refractivity contribution in [1.82, 2.24) is 0 Å². The first-order chi connectivity index (χ1) is 7.47. The van der Waals surface area contributed by atoms with E-state index in [0.717, 1.165) is 0 Å². The maximum Gasteiger partial charge on any atom is 1.00 e. The van der Waals surface area contributed by atoms with E-state index in [1.807, 2.05) is 0 Å². The number of aromatic hydroxyl groups is 1. The quantitative estimate of drug-likeness (QED) is 0.400. The molecule has 0 heterocycles. The van der Waals surface area contributed by atoms with Crippen LogP contribution in [0.4, 0.5) is 0 Å². The minimum atomic E-state index is -4.81. The van der Waals surface area contributed by atoms with Gasteiger partial charge in [-0.2, -0.15) is 0 Å². The van der Waals surface area contributed by atoms with Crippen molar-refractivity contribution in [3.05, 3.63) is 36.4 Å². The Bertz CT molecular complexity index is 638. The van der Waals surface area contributed by atoms with Crippen LogP contribution >= 0.6 is 0 Å². The van der Waals surface area contributed by atoms with Gasteiger partial charge in [-0.25, -0.2) is 8.42 Å². The van der Waals surface area contributed by atoms with Gasteiger partial charge in [-0.15, -0.1) is 0 Å². The van der Waals surface area contributed by atoms with Gasteiger partial charge in [-0.3, -0.25) is 0 Å². The van der Waals surface area contributed by atoms with Gasteiger partial charge >= 0.3 is 29.6 Å². The van der Waals surface area contributed by atoms with Crippen LogP contribution in [0.25, 0.3) is 10.8 Å². The molecule has 0 unspecified atom stereocenters. The molecule has 7 heteroatoms. The molecule has 2 rings (SSSR count). The van der Waals surface area contributed by atoms with Crippen LogP contribution in [-0.4, -0.2) is 18.1 Å². The summed E-state index contributed by atoms with van der Waals surface area (Å²) in [5, 5.41) is 10.3. The van der Waals surface area contributed by atoms with Crippen LogP contribution in [0, 0.1) is 0 Å². The first-order valence-electron chi connectivity index (χ1n) is 4.33. The van der Waals surface area contributed by atoms with Crippen LogP contribution in [-0.2, 0) is 10.4 Å².